The van der Waals surface area contributed by atoms with Gasteiger partial charge in [-0.2, -0.15) is 0 Å². The van der Waals surface area contributed by atoms with Crippen molar-refractivity contribution in [3.05, 3.63) is 35.9 Å². The molecule has 0 bridgehead atoms. The quantitative estimate of drug-likeness (QED) is 0.401. The van der Waals surface area contributed by atoms with Gasteiger partial charge in [0.05, 0.1) is 13.2 Å². The summed E-state index contributed by atoms with van der Waals surface area (Å²) < 4.78 is 11.2. The maximum Gasteiger partial charge on any atom is 0.193 e. The van der Waals surface area contributed by atoms with E-state index in [-0.39, 0.29) is 0 Å². The number of hydrogen-bond donors (Lipinski definition) is 1. The average Bonchev–Trinajstić information content (AvgIpc) is 3.25. The predicted octanol–water partition coefficient (Wildman–Crippen LogP) is 3.35. The Morgan fingerprint density at radius 2 is 2.00 bits per heavy atom. The Bertz CT molecular complexity index is 564. The molecule has 0 aliphatic carbocycles. The van der Waals surface area contributed by atoms with Crippen LogP contribution in [0, 0.1) is 11.8 Å². The van der Waals surface area contributed by atoms with Gasteiger partial charge in [0.25, 0.3) is 0 Å². The van der Waals surface area contributed by atoms with Gasteiger partial charge in [0, 0.05) is 45.3 Å². The van der Waals surface area contributed by atoms with Gasteiger partial charge in [-0.15, -0.1) is 0 Å². The molecule has 1 atom stereocenters. The zero-order valence-corrected chi connectivity index (χ0v) is 17.4. The van der Waals surface area contributed by atoms with Crippen molar-refractivity contribution in [1.29, 1.82) is 0 Å². The van der Waals surface area contributed by atoms with Gasteiger partial charge < -0.3 is 19.7 Å². The monoisotopic (exact) mass is 387 g/mol. The van der Waals surface area contributed by atoms with Crippen molar-refractivity contribution in [3.8, 4) is 0 Å². The summed E-state index contributed by atoms with van der Waals surface area (Å²) in [4.78, 5) is 7.27. The molecule has 0 amide bonds. The first-order chi connectivity index (χ1) is 13.8. The van der Waals surface area contributed by atoms with Crippen molar-refractivity contribution >= 4 is 5.96 Å². The van der Waals surface area contributed by atoms with Gasteiger partial charge in [-0.05, 0) is 50.5 Å². The first kappa shape index (κ1) is 21.1. The Morgan fingerprint density at radius 3 is 2.71 bits per heavy atom. The second-order valence-corrected chi connectivity index (χ2v) is 8.01. The number of rotatable bonds is 9. The normalized spacial score (nSPS) is 21.2. The van der Waals surface area contributed by atoms with Crippen LogP contribution in [0.15, 0.2) is 35.3 Å². The van der Waals surface area contributed by atoms with Gasteiger partial charge in [-0.3, -0.25) is 4.99 Å². The number of ether oxygens (including phenoxy) is 2. The van der Waals surface area contributed by atoms with E-state index in [4.69, 9.17) is 14.5 Å². The second-order valence-electron chi connectivity index (χ2n) is 8.01. The van der Waals surface area contributed by atoms with E-state index in [9.17, 15) is 0 Å². The number of benzene rings is 1. The first-order valence-electron chi connectivity index (χ1n) is 11.1. The third kappa shape index (κ3) is 7.10. The van der Waals surface area contributed by atoms with Crippen molar-refractivity contribution in [3.63, 3.8) is 0 Å². The van der Waals surface area contributed by atoms with Crippen molar-refractivity contribution in [2.45, 2.75) is 39.0 Å². The predicted molar refractivity (Wildman–Crippen MR) is 115 cm³/mol. The van der Waals surface area contributed by atoms with E-state index in [0.717, 1.165) is 77.3 Å². The molecule has 2 aliphatic heterocycles. The molecule has 3 rings (SSSR count). The maximum atomic E-state index is 5.79. The molecule has 5 nitrogen and oxygen atoms in total. The molecular weight excluding hydrogens is 350 g/mol. The van der Waals surface area contributed by atoms with Crippen LogP contribution in [0.2, 0.25) is 0 Å². The minimum Gasteiger partial charge on any atom is -0.381 e. The highest BCUT2D eigenvalue weighted by atomic mass is 16.5. The molecule has 1 aromatic rings. The standard InChI is InChI=1S/C23H37N3O2/c1-2-24-23(25-12-6-15-27-18-22-11-16-28-19-22)26-13-9-21(10-14-26)17-20-7-4-3-5-8-20/h3-5,7-8,21-22H,2,6,9-19H2,1H3,(H,24,25). The van der Waals surface area contributed by atoms with Crippen molar-refractivity contribution in [2.75, 3.05) is 52.6 Å². The summed E-state index contributed by atoms with van der Waals surface area (Å²) in [5.41, 5.74) is 1.46. The number of guanidine groups is 1. The number of nitrogens with one attached hydrogen (secondary N) is 1. The fourth-order valence-corrected chi connectivity index (χ4v) is 4.04. The van der Waals surface area contributed by atoms with Crippen molar-refractivity contribution in [1.82, 2.24) is 10.2 Å². The highest BCUT2D eigenvalue weighted by Crippen LogP contribution is 2.21. The fraction of sp³-hybridized carbons (Fsp3) is 0.696. The molecule has 2 fully saturated rings. The van der Waals surface area contributed by atoms with Crippen LogP contribution in [-0.2, 0) is 15.9 Å². The number of piperidine rings is 1. The zero-order chi connectivity index (χ0) is 19.4. The van der Waals surface area contributed by atoms with Crippen molar-refractivity contribution < 1.29 is 9.47 Å². The molecule has 0 spiro atoms. The Labute approximate surface area is 170 Å². The van der Waals surface area contributed by atoms with Gasteiger partial charge in [-0.25, -0.2) is 0 Å². The third-order valence-electron chi connectivity index (χ3n) is 5.70. The topological polar surface area (TPSA) is 46.1 Å². The van der Waals surface area contributed by atoms with Crippen LogP contribution in [0.1, 0.15) is 38.2 Å². The maximum absolute atomic E-state index is 5.79. The summed E-state index contributed by atoms with van der Waals surface area (Å²) in [6.07, 6.45) is 5.80. The van der Waals surface area contributed by atoms with Gasteiger partial charge >= 0.3 is 0 Å². The molecule has 0 aromatic heterocycles. The molecule has 1 N–H and O–H groups in total. The van der Waals surface area contributed by atoms with Crippen LogP contribution in [0.5, 0.6) is 0 Å². The van der Waals surface area contributed by atoms with Gasteiger partial charge in [-0.1, -0.05) is 30.3 Å². The van der Waals surface area contributed by atoms with Gasteiger partial charge in [0.1, 0.15) is 0 Å². The lowest BCUT2D eigenvalue weighted by Gasteiger charge is -2.34. The minimum absolute atomic E-state index is 0.595. The summed E-state index contributed by atoms with van der Waals surface area (Å²) in [5.74, 6) is 2.46. The van der Waals surface area contributed by atoms with Gasteiger partial charge in [0.2, 0.25) is 0 Å². The van der Waals surface area contributed by atoms with Crippen molar-refractivity contribution in [2.24, 2.45) is 16.8 Å². The van der Waals surface area contributed by atoms with E-state index in [1.165, 1.54) is 24.8 Å². The van der Waals surface area contributed by atoms with E-state index >= 15 is 0 Å². The van der Waals surface area contributed by atoms with Gasteiger partial charge in [0.15, 0.2) is 5.96 Å². The number of likely N-dealkylation sites (tertiary alicyclic amines) is 1. The van der Waals surface area contributed by atoms with Crippen LogP contribution in [0.3, 0.4) is 0 Å². The smallest absolute Gasteiger partial charge is 0.193 e. The largest absolute Gasteiger partial charge is 0.381 e. The van der Waals surface area contributed by atoms with Crippen LogP contribution in [0.25, 0.3) is 0 Å². The minimum atomic E-state index is 0.595. The molecule has 2 aliphatic rings. The van der Waals surface area contributed by atoms with Crippen LogP contribution >= 0.6 is 0 Å². The molecule has 1 unspecified atom stereocenters. The van der Waals surface area contributed by atoms with E-state index in [2.05, 4.69) is 47.5 Å². The first-order valence-corrected chi connectivity index (χ1v) is 11.1. The molecule has 0 radical (unpaired) electrons. The van der Waals surface area contributed by atoms with E-state index in [1.807, 2.05) is 0 Å². The lowest BCUT2D eigenvalue weighted by molar-refractivity contribution is 0.0892. The summed E-state index contributed by atoms with van der Waals surface area (Å²) >= 11 is 0. The molecular formula is C23H37N3O2. The molecule has 0 saturated carbocycles. The zero-order valence-electron chi connectivity index (χ0n) is 17.4. The fourth-order valence-electron chi connectivity index (χ4n) is 4.04. The Morgan fingerprint density at radius 1 is 1.18 bits per heavy atom. The van der Waals surface area contributed by atoms with Crippen LogP contribution < -0.4 is 5.32 Å². The second kappa shape index (κ2) is 12.1. The number of hydrogen-bond acceptors (Lipinski definition) is 3. The molecule has 1 aromatic carbocycles. The number of nitrogens with zero attached hydrogens (tertiary/aromatic N) is 2. The summed E-state index contributed by atoms with van der Waals surface area (Å²) in [5, 5.41) is 3.47. The lowest BCUT2D eigenvalue weighted by atomic mass is 9.90. The van der Waals surface area contributed by atoms with E-state index < -0.39 is 0 Å². The lowest BCUT2D eigenvalue weighted by Crippen LogP contribution is -2.46. The summed E-state index contributed by atoms with van der Waals surface area (Å²) in [7, 11) is 0. The molecule has 5 heteroatoms. The summed E-state index contributed by atoms with van der Waals surface area (Å²) in [6, 6.07) is 10.9. The Kier molecular flexibility index (Phi) is 9.11. The molecule has 2 heterocycles. The Hall–Kier alpha value is -1.59. The van der Waals surface area contributed by atoms with E-state index in [0.29, 0.717) is 5.92 Å². The highest BCUT2D eigenvalue weighted by Gasteiger charge is 2.21. The molecule has 2 saturated heterocycles. The number of aliphatic imine (C=N–C) groups is 1. The van der Waals surface area contributed by atoms with Crippen LogP contribution in [0.4, 0.5) is 0 Å². The molecule has 156 valence electrons. The SMILES string of the molecule is CCNC(=NCCCOCC1CCOC1)N1CCC(Cc2ccccc2)CC1. The Balaban J connectivity index is 1.35. The average molecular weight is 388 g/mol. The highest BCUT2D eigenvalue weighted by molar-refractivity contribution is 5.80. The third-order valence-corrected chi connectivity index (χ3v) is 5.70. The summed E-state index contributed by atoms with van der Waals surface area (Å²) in [6.45, 7) is 9.47. The van der Waals surface area contributed by atoms with Crippen LogP contribution in [-0.4, -0.2) is 63.5 Å². The van der Waals surface area contributed by atoms with E-state index in [1.54, 1.807) is 0 Å². The molecule has 28 heavy (non-hydrogen) atoms.